The summed E-state index contributed by atoms with van der Waals surface area (Å²) in [5.41, 5.74) is 1.55. The van der Waals surface area contributed by atoms with Gasteiger partial charge in [0.05, 0.1) is 12.8 Å². The number of aliphatic hydroxyl groups is 1. The van der Waals surface area contributed by atoms with E-state index in [1.807, 2.05) is 37.3 Å². The first kappa shape index (κ1) is 14.0. The lowest BCUT2D eigenvalue weighted by Crippen LogP contribution is -2.02. The highest BCUT2D eigenvalue weighted by Gasteiger charge is 2.12. The average molecular weight is 322 g/mol. The summed E-state index contributed by atoms with van der Waals surface area (Å²) in [5, 5.41) is 10.3. The molecule has 0 bridgehead atoms. The van der Waals surface area contributed by atoms with E-state index in [0.29, 0.717) is 12.4 Å². The quantitative estimate of drug-likeness (QED) is 0.912. The predicted octanol–water partition coefficient (Wildman–Crippen LogP) is 3.71. The first-order valence-corrected chi connectivity index (χ1v) is 7.01. The van der Waals surface area contributed by atoms with Gasteiger partial charge in [0, 0.05) is 16.2 Å². The maximum Gasteiger partial charge on any atom is 0.137 e. The second-order valence-electron chi connectivity index (χ2n) is 4.26. The molecule has 3 nitrogen and oxygen atoms in total. The van der Waals surface area contributed by atoms with Gasteiger partial charge in [0.15, 0.2) is 0 Å². The summed E-state index contributed by atoms with van der Waals surface area (Å²) in [6.45, 7) is 2.70. The highest BCUT2D eigenvalue weighted by atomic mass is 79.9. The molecule has 0 radical (unpaired) electrons. The number of ether oxygens (including phenoxy) is 1. The molecule has 0 aliphatic heterocycles. The van der Waals surface area contributed by atoms with Crippen molar-refractivity contribution in [2.75, 3.05) is 6.61 Å². The van der Waals surface area contributed by atoms with Gasteiger partial charge in [-0.15, -0.1) is 0 Å². The topological polar surface area (TPSA) is 42.4 Å². The molecule has 0 amide bonds. The van der Waals surface area contributed by atoms with Crippen LogP contribution in [0.4, 0.5) is 0 Å². The molecule has 1 atom stereocenters. The lowest BCUT2D eigenvalue weighted by Gasteiger charge is -2.13. The van der Waals surface area contributed by atoms with Crippen molar-refractivity contribution in [3.63, 3.8) is 0 Å². The van der Waals surface area contributed by atoms with Crippen molar-refractivity contribution in [3.8, 4) is 5.75 Å². The van der Waals surface area contributed by atoms with E-state index in [2.05, 4.69) is 20.9 Å². The summed E-state index contributed by atoms with van der Waals surface area (Å²) in [4.78, 5) is 4.11. The normalized spacial score (nSPS) is 12.2. The van der Waals surface area contributed by atoms with Gasteiger partial charge in [0.1, 0.15) is 11.9 Å². The lowest BCUT2D eigenvalue weighted by atomic mass is 10.0. The zero-order chi connectivity index (χ0) is 13.7. The molecular weight excluding hydrogens is 306 g/mol. The number of benzene rings is 1. The summed E-state index contributed by atoms with van der Waals surface area (Å²) < 4.78 is 6.46. The van der Waals surface area contributed by atoms with Gasteiger partial charge >= 0.3 is 0 Å². The number of pyridine rings is 1. The molecule has 0 aliphatic rings. The molecule has 1 aromatic heterocycles. The molecule has 0 saturated carbocycles. The van der Waals surface area contributed by atoms with Crippen molar-refractivity contribution in [1.82, 2.24) is 4.98 Å². The van der Waals surface area contributed by atoms with Crippen LogP contribution in [0.2, 0.25) is 0 Å². The zero-order valence-electron chi connectivity index (χ0n) is 10.7. The van der Waals surface area contributed by atoms with Crippen LogP contribution in [0, 0.1) is 0 Å². The van der Waals surface area contributed by atoms with Crippen molar-refractivity contribution in [1.29, 1.82) is 0 Å². The Balaban J connectivity index is 2.21. The van der Waals surface area contributed by atoms with Gasteiger partial charge in [-0.2, -0.15) is 0 Å². The Kier molecular flexibility index (Phi) is 4.93. The lowest BCUT2D eigenvalue weighted by molar-refractivity contribution is 0.218. The van der Waals surface area contributed by atoms with Crippen LogP contribution >= 0.6 is 15.9 Å². The first-order valence-electron chi connectivity index (χ1n) is 6.22. The number of rotatable bonds is 5. The fraction of sp³-hybridized carbons (Fsp3) is 0.267. The van der Waals surface area contributed by atoms with Crippen molar-refractivity contribution < 1.29 is 9.84 Å². The van der Waals surface area contributed by atoms with Crippen molar-refractivity contribution in [2.24, 2.45) is 0 Å². The van der Waals surface area contributed by atoms with E-state index < -0.39 is 6.10 Å². The Hall–Kier alpha value is -1.39. The number of aromatic nitrogens is 1. The molecule has 1 heterocycles. The molecule has 1 aromatic carbocycles. The molecule has 4 heteroatoms. The number of aliphatic hydroxyl groups excluding tert-OH is 1. The Labute approximate surface area is 121 Å². The first-order chi connectivity index (χ1) is 9.20. The SMILES string of the molecule is CCCOc1cncc(C(O)c2cccc(Br)c2)c1. The van der Waals surface area contributed by atoms with Gasteiger partial charge in [0.25, 0.3) is 0 Å². The third-order valence-electron chi connectivity index (χ3n) is 2.69. The second kappa shape index (κ2) is 6.68. The third kappa shape index (κ3) is 3.78. The van der Waals surface area contributed by atoms with E-state index in [0.717, 1.165) is 22.0 Å². The standard InChI is InChI=1S/C15H16BrNO2/c1-2-6-19-14-8-12(9-17-10-14)15(18)11-4-3-5-13(16)7-11/h3-5,7-10,15,18H,2,6H2,1H3. The minimum Gasteiger partial charge on any atom is -0.492 e. The molecule has 1 N–H and O–H groups in total. The van der Waals surface area contributed by atoms with E-state index in [9.17, 15) is 5.11 Å². The Bertz CT molecular complexity index is 545. The Morgan fingerprint density at radius 1 is 1.26 bits per heavy atom. The van der Waals surface area contributed by atoms with Crippen LogP contribution in [0.3, 0.4) is 0 Å². The fourth-order valence-corrected chi connectivity index (χ4v) is 2.17. The van der Waals surface area contributed by atoms with Gasteiger partial charge in [-0.1, -0.05) is 35.0 Å². The number of halogens is 1. The van der Waals surface area contributed by atoms with Crippen molar-refractivity contribution in [2.45, 2.75) is 19.4 Å². The summed E-state index contributed by atoms with van der Waals surface area (Å²) in [5.74, 6) is 0.688. The highest BCUT2D eigenvalue weighted by molar-refractivity contribution is 9.10. The minimum absolute atomic E-state index is 0.651. The zero-order valence-corrected chi connectivity index (χ0v) is 12.3. The maximum atomic E-state index is 10.3. The van der Waals surface area contributed by atoms with E-state index in [-0.39, 0.29) is 0 Å². The van der Waals surface area contributed by atoms with Gasteiger partial charge in [0.2, 0.25) is 0 Å². The van der Waals surface area contributed by atoms with Crippen molar-refractivity contribution in [3.05, 3.63) is 58.3 Å². The summed E-state index contributed by atoms with van der Waals surface area (Å²) >= 11 is 3.40. The van der Waals surface area contributed by atoms with E-state index in [4.69, 9.17) is 4.74 Å². The average Bonchev–Trinajstić information content (AvgIpc) is 2.44. The van der Waals surface area contributed by atoms with Gasteiger partial charge in [-0.05, 0) is 30.2 Å². The van der Waals surface area contributed by atoms with E-state index in [1.165, 1.54) is 0 Å². The van der Waals surface area contributed by atoms with Crippen LogP contribution in [0.15, 0.2) is 47.2 Å². The smallest absolute Gasteiger partial charge is 0.137 e. The van der Waals surface area contributed by atoms with E-state index in [1.54, 1.807) is 12.4 Å². The van der Waals surface area contributed by atoms with Crippen molar-refractivity contribution >= 4 is 15.9 Å². The van der Waals surface area contributed by atoms with Crippen LogP contribution in [-0.2, 0) is 0 Å². The minimum atomic E-state index is -0.699. The molecule has 1 unspecified atom stereocenters. The maximum absolute atomic E-state index is 10.3. The molecule has 0 spiro atoms. The largest absolute Gasteiger partial charge is 0.492 e. The molecule has 19 heavy (non-hydrogen) atoms. The number of hydrogen-bond donors (Lipinski definition) is 1. The van der Waals surface area contributed by atoms with Crippen LogP contribution < -0.4 is 4.74 Å². The molecule has 2 rings (SSSR count). The molecule has 100 valence electrons. The van der Waals surface area contributed by atoms with Crippen LogP contribution in [0.5, 0.6) is 5.75 Å². The molecule has 0 saturated heterocycles. The highest BCUT2D eigenvalue weighted by Crippen LogP contribution is 2.26. The van der Waals surface area contributed by atoms with Gasteiger partial charge in [-0.3, -0.25) is 4.98 Å². The summed E-state index contributed by atoms with van der Waals surface area (Å²) in [7, 11) is 0. The summed E-state index contributed by atoms with van der Waals surface area (Å²) in [6, 6.07) is 9.43. The van der Waals surface area contributed by atoms with Gasteiger partial charge in [-0.25, -0.2) is 0 Å². The predicted molar refractivity (Wildman–Crippen MR) is 78.2 cm³/mol. The molecule has 0 fully saturated rings. The fourth-order valence-electron chi connectivity index (χ4n) is 1.75. The molecule has 0 aliphatic carbocycles. The van der Waals surface area contributed by atoms with Crippen LogP contribution in [0.1, 0.15) is 30.6 Å². The molecule has 2 aromatic rings. The summed E-state index contributed by atoms with van der Waals surface area (Å²) in [6.07, 6.45) is 3.56. The van der Waals surface area contributed by atoms with Crippen LogP contribution in [-0.4, -0.2) is 16.7 Å². The number of hydrogen-bond acceptors (Lipinski definition) is 3. The second-order valence-corrected chi connectivity index (χ2v) is 5.18. The van der Waals surface area contributed by atoms with E-state index >= 15 is 0 Å². The Morgan fingerprint density at radius 2 is 2.11 bits per heavy atom. The third-order valence-corrected chi connectivity index (χ3v) is 3.18. The monoisotopic (exact) mass is 321 g/mol. The molecular formula is C15H16BrNO2. The van der Waals surface area contributed by atoms with Gasteiger partial charge < -0.3 is 9.84 Å². The Morgan fingerprint density at radius 3 is 2.84 bits per heavy atom. The van der Waals surface area contributed by atoms with Crippen LogP contribution in [0.25, 0.3) is 0 Å². The number of nitrogens with zero attached hydrogens (tertiary/aromatic N) is 1.